The highest BCUT2D eigenvalue weighted by Gasteiger charge is 2.32. The Morgan fingerprint density at radius 3 is 2.42 bits per heavy atom. The molecular weight excluding hydrogens is 419 g/mol. The maximum atomic E-state index is 11.6. The van der Waals surface area contributed by atoms with Crippen LogP contribution in [0, 0.1) is 11.8 Å². The van der Waals surface area contributed by atoms with Gasteiger partial charge < -0.3 is 20.7 Å². The average Bonchev–Trinajstić information content (AvgIpc) is 3.37. The molecule has 6 nitrogen and oxygen atoms in total. The number of hydrogen-bond donors (Lipinski definition) is 3. The van der Waals surface area contributed by atoms with Crippen LogP contribution in [0.15, 0.2) is 4.99 Å². The smallest absolute Gasteiger partial charge is 0.407 e. The Morgan fingerprint density at radius 2 is 1.88 bits per heavy atom. The van der Waals surface area contributed by atoms with Gasteiger partial charge in [-0.05, 0) is 57.3 Å². The van der Waals surface area contributed by atoms with E-state index in [1.807, 2.05) is 6.92 Å². The van der Waals surface area contributed by atoms with Gasteiger partial charge in [0.25, 0.3) is 0 Å². The van der Waals surface area contributed by atoms with Gasteiger partial charge in [-0.1, -0.05) is 6.92 Å². The third kappa shape index (κ3) is 7.44. The second-order valence-electron chi connectivity index (χ2n) is 6.86. The quantitative estimate of drug-likeness (QED) is 0.329. The van der Waals surface area contributed by atoms with Gasteiger partial charge in [0, 0.05) is 19.6 Å². The molecule has 24 heavy (non-hydrogen) atoms. The van der Waals surface area contributed by atoms with E-state index >= 15 is 0 Å². The van der Waals surface area contributed by atoms with E-state index in [2.05, 4.69) is 27.9 Å². The molecule has 2 aliphatic carbocycles. The molecule has 0 spiro atoms. The third-order valence-corrected chi connectivity index (χ3v) is 4.84. The Kier molecular flexibility index (Phi) is 9.76. The molecule has 7 heteroatoms. The number of amides is 1. The topological polar surface area (TPSA) is 74.8 Å². The number of hydrogen-bond acceptors (Lipinski definition) is 3. The van der Waals surface area contributed by atoms with E-state index < -0.39 is 0 Å². The molecular formula is C17H33IN4O2. The van der Waals surface area contributed by atoms with Crippen molar-refractivity contribution in [3.8, 4) is 0 Å². The summed E-state index contributed by atoms with van der Waals surface area (Å²) in [5.41, 5.74) is 0. The van der Waals surface area contributed by atoms with Crippen LogP contribution in [-0.2, 0) is 4.74 Å². The summed E-state index contributed by atoms with van der Waals surface area (Å²) in [6, 6.07) is 0.619. The Balaban J connectivity index is 0.00000288. The van der Waals surface area contributed by atoms with Crippen LogP contribution in [-0.4, -0.2) is 44.3 Å². The molecule has 1 amide bonds. The highest BCUT2D eigenvalue weighted by Crippen LogP contribution is 2.32. The molecule has 1 unspecified atom stereocenters. The summed E-state index contributed by atoms with van der Waals surface area (Å²) in [6.07, 6.45) is 6.99. The molecule has 3 N–H and O–H groups in total. The van der Waals surface area contributed by atoms with Gasteiger partial charge in [0.15, 0.2) is 5.96 Å². The maximum Gasteiger partial charge on any atom is 0.407 e. The Bertz CT molecular complexity index is 407. The van der Waals surface area contributed by atoms with Crippen LogP contribution in [0.5, 0.6) is 0 Å². The highest BCUT2D eigenvalue weighted by atomic mass is 127. The molecule has 0 saturated heterocycles. The summed E-state index contributed by atoms with van der Waals surface area (Å²) in [4.78, 5) is 16.0. The summed E-state index contributed by atoms with van der Waals surface area (Å²) in [5.74, 6) is 2.23. The van der Waals surface area contributed by atoms with E-state index in [0.717, 1.165) is 11.9 Å². The standard InChI is InChI=1S/C17H32N4O2.HI/c1-4-23-17(22)21-15(13-7-8-13)11-19-16(18-3)20-14-9-5-12(2)6-10-14;/h12-15H,4-11H2,1-3H3,(H,21,22)(H2,18,19,20);1H. The lowest BCUT2D eigenvalue weighted by molar-refractivity contribution is 0.146. The fourth-order valence-electron chi connectivity index (χ4n) is 3.16. The lowest BCUT2D eigenvalue weighted by Crippen LogP contribution is -2.50. The van der Waals surface area contributed by atoms with Crippen molar-refractivity contribution < 1.29 is 9.53 Å². The Hall–Kier alpha value is -0.730. The van der Waals surface area contributed by atoms with Crippen molar-refractivity contribution in [1.82, 2.24) is 16.0 Å². The monoisotopic (exact) mass is 452 g/mol. The molecule has 0 aromatic carbocycles. The summed E-state index contributed by atoms with van der Waals surface area (Å²) in [5, 5.41) is 9.84. The van der Waals surface area contributed by atoms with Crippen LogP contribution >= 0.6 is 24.0 Å². The van der Waals surface area contributed by atoms with Gasteiger partial charge in [0.1, 0.15) is 0 Å². The summed E-state index contributed by atoms with van der Waals surface area (Å²) >= 11 is 0. The number of carbonyl (C=O) groups is 1. The first-order valence-electron chi connectivity index (χ1n) is 9.02. The Morgan fingerprint density at radius 1 is 1.21 bits per heavy atom. The number of nitrogens with zero attached hydrogens (tertiary/aromatic N) is 1. The van der Waals surface area contributed by atoms with Crippen LogP contribution in [0.4, 0.5) is 4.79 Å². The maximum absolute atomic E-state index is 11.6. The number of halogens is 1. The van der Waals surface area contributed by atoms with Crippen molar-refractivity contribution in [3.63, 3.8) is 0 Å². The molecule has 2 fully saturated rings. The van der Waals surface area contributed by atoms with E-state index in [1.165, 1.54) is 38.5 Å². The van der Waals surface area contributed by atoms with Gasteiger partial charge in [-0.15, -0.1) is 24.0 Å². The van der Waals surface area contributed by atoms with Crippen molar-refractivity contribution in [2.24, 2.45) is 16.8 Å². The summed E-state index contributed by atoms with van der Waals surface area (Å²) in [6.45, 7) is 5.23. The molecule has 2 rings (SSSR count). The summed E-state index contributed by atoms with van der Waals surface area (Å²) in [7, 11) is 1.80. The second-order valence-corrected chi connectivity index (χ2v) is 6.86. The lowest BCUT2D eigenvalue weighted by Gasteiger charge is -2.29. The molecule has 2 aliphatic rings. The van der Waals surface area contributed by atoms with Gasteiger partial charge >= 0.3 is 6.09 Å². The van der Waals surface area contributed by atoms with Gasteiger partial charge in [0.2, 0.25) is 0 Å². The number of rotatable bonds is 6. The minimum Gasteiger partial charge on any atom is -0.450 e. The van der Waals surface area contributed by atoms with Crippen LogP contribution in [0.1, 0.15) is 52.4 Å². The molecule has 1 atom stereocenters. The number of guanidine groups is 1. The fourth-order valence-corrected chi connectivity index (χ4v) is 3.16. The molecule has 0 aliphatic heterocycles. The molecule has 2 saturated carbocycles. The van der Waals surface area contributed by atoms with Crippen molar-refractivity contribution in [3.05, 3.63) is 0 Å². The van der Waals surface area contributed by atoms with Gasteiger partial charge in [-0.25, -0.2) is 4.79 Å². The number of aliphatic imine (C=N–C) groups is 1. The van der Waals surface area contributed by atoms with E-state index in [4.69, 9.17) is 4.74 Å². The summed E-state index contributed by atoms with van der Waals surface area (Å²) < 4.78 is 4.99. The van der Waals surface area contributed by atoms with E-state index in [1.54, 1.807) is 7.05 Å². The van der Waals surface area contributed by atoms with Gasteiger partial charge in [-0.2, -0.15) is 0 Å². The molecule has 0 heterocycles. The third-order valence-electron chi connectivity index (χ3n) is 4.84. The zero-order valence-corrected chi connectivity index (χ0v) is 17.5. The number of carbonyl (C=O) groups excluding carboxylic acids is 1. The number of nitrogens with one attached hydrogen (secondary N) is 3. The zero-order valence-electron chi connectivity index (χ0n) is 15.1. The Labute approximate surface area is 163 Å². The van der Waals surface area contributed by atoms with Crippen LogP contribution in [0.2, 0.25) is 0 Å². The van der Waals surface area contributed by atoms with Crippen LogP contribution < -0.4 is 16.0 Å². The van der Waals surface area contributed by atoms with Crippen molar-refractivity contribution in [2.45, 2.75) is 64.5 Å². The minimum absolute atomic E-state index is 0. The first kappa shape index (κ1) is 21.3. The van der Waals surface area contributed by atoms with Crippen molar-refractivity contribution >= 4 is 36.0 Å². The lowest BCUT2D eigenvalue weighted by atomic mass is 9.87. The molecule has 0 aromatic heterocycles. The average molecular weight is 452 g/mol. The van der Waals surface area contributed by atoms with E-state index in [-0.39, 0.29) is 36.1 Å². The van der Waals surface area contributed by atoms with Crippen LogP contribution in [0.3, 0.4) is 0 Å². The normalized spacial score (nSPS) is 25.2. The van der Waals surface area contributed by atoms with Crippen molar-refractivity contribution in [1.29, 1.82) is 0 Å². The first-order valence-corrected chi connectivity index (χ1v) is 9.02. The minimum atomic E-state index is -0.324. The number of alkyl carbamates (subject to hydrolysis) is 1. The predicted octanol–water partition coefficient (Wildman–Crippen LogP) is 2.87. The predicted molar refractivity (Wildman–Crippen MR) is 108 cm³/mol. The van der Waals surface area contributed by atoms with E-state index in [9.17, 15) is 4.79 Å². The molecule has 0 aromatic rings. The highest BCUT2D eigenvalue weighted by molar-refractivity contribution is 14.0. The van der Waals surface area contributed by atoms with Gasteiger partial charge in [-0.3, -0.25) is 4.99 Å². The molecule has 0 bridgehead atoms. The second kappa shape index (κ2) is 11.0. The molecule has 140 valence electrons. The largest absolute Gasteiger partial charge is 0.450 e. The fraction of sp³-hybridized carbons (Fsp3) is 0.882. The molecule has 0 radical (unpaired) electrons. The van der Waals surface area contributed by atoms with E-state index in [0.29, 0.717) is 25.1 Å². The zero-order chi connectivity index (χ0) is 16.7. The van der Waals surface area contributed by atoms with Crippen molar-refractivity contribution in [2.75, 3.05) is 20.2 Å². The first-order chi connectivity index (χ1) is 11.1. The van der Waals surface area contributed by atoms with Crippen LogP contribution in [0.25, 0.3) is 0 Å². The van der Waals surface area contributed by atoms with Gasteiger partial charge in [0.05, 0.1) is 12.6 Å². The number of ether oxygens (including phenoxy) is 1. The SMILES string of the molecule is CCOC(=O)NC(CNC(=NC)NC1CCC(C)CC1)C1CC1.I.